The molecule has 16 heavy (non-hydrogen) atoms. The van der Waals surface area contributed by atoms with Gasteiger partial charge in [-0.3, -0.25) is 0 Å². The molecule has 0 fully saturated rings. The summed E-state index contributed by atoms with van der Waals surface area (Å²) < 4.78 is 1.39. The highest BCUT2D eigenvalue weighted by Gasteiger charge is 2.07. The quantitative estimate of drug-likeness (QED) is 0.639. The van der Waals surface area contributed by atoms with Gasteiger partial charge in [0, 0.05) is 10.1 Å². The van der Waals surface area contributed by atoms with Crippen LogP contribution in [0.5, 0.6) is 0 Å². The smallest absolute Gasteiger partial charge is 0.0345 e. The van der Waals surface area contributed by atoms with Crippen LogP contribution < -0.4 is 0 Å². The van der Waals surface area contributed by atoms with Crippen LogP contribution in [-0.4, -0.2) is 5.38 Å². The first-order chi connectivity index (χ1) is 7.81. The largest absolute Gasteiger partial charge is 0.144 e. The van der Waals surface area contributed by atoms with E-state index in [-0.39, 0.29) is 0 Å². The maximum absolute atomic E-state index is 6.25. The molecule has 1 aromatic heterocycles. The van der Waals surface area contributed by atoms with E-state index in [1.165, 1.54) is 22.1 Å². The number of alkyl halides is 1. The Kier molecular flexibility index (Phi) is 4.25. The average molecular weight is 253 g/mol. The molecule has 0 N–H and O–H groups in total. The van der Waals surface area contributed by atoms with Crippen LogP contribution in [0.3, 0.4) is 0 Å². The Balaban J connectivity index is 2.04. The molecule has 0 spiro atoms. The first-order valence-electron chi connectivity index (χ1n) is 5.90. The van der Waals surface area contributed by atoms with Gasteiger partial charge in [-0.15, -0.1) is 22.9 Å². The predicted molar refractivity (Wildman–Crippen MR) is 74.7 cm³/mol. The molecule has 0 nitrogen and oxygen atoms in total. The summed E-state index contributed by atoms with van der Waals surface area (Å²) in [6, 6.07) is 8.62. The maximum Gasteiger partial charge on any atom is 0.0345 e. The Morgan fingerprint density at radius 2 is 2.06 bits per heavy atom. The van der Waals surface area contributed by atoms with E-state index in [0.717, 1.165) is 19.3 Å². The van der Waals surface area contributed by atoms with Crippen molar-refractivity contribution in [2.75, 3.05) is 0 Å². The Morgan fingerprint density at radius 1 is 1.25 bits per heavy atom. The molecule has 0 radical (unpaired) electrons. The predicted octanol–water partition coefficient (Wildman–Crippen LogP) is 5.24. The maximum atomic E-state index is 6.25. The highest BCUT2D eigenvalue weighted by atomic mass is 35.5. The zero-order chi connectivity index (χ0) is 11.4. The normalized spacial score (nSPS) is 13.1. The van der Waals surface area contributed by atoms with Gasteiger partial charge >= 0.3 is 0 Å². The van der Waals surface area contributed by atoms with Crippen LogP contribution in [0.25, 0.3) is 10.1 Å². The van der Waals surface area contributed by atoms with E-state index in [1.807, 2.05) is 11.3 Å². The third-order valence-corrected chi connectivity index (χ3v) is 4.34. The topological polar surface area (TPSA) is 0 Å². The second kappa shape index (κ2) is 5.70. The molecule has 1 unspecified atom stereocenters. The van der Waals surface area contributed by atoms with Crippen LogP contribution in [0.2, 0.25) is 0 Å². The zero-order valence-electron chi connectivity index (χ0n) is 9.58. The molecule has 0 amide bonds. The van der Waals surface area contributed by atoms with E-state index >= 15 is 0 Å². The van der Waals surface area contributed by atoms with E-state index in [9.17, 15) is 0 Å². The van der Waals surface area contributed by atoms with Gasteiger partial charge in [-0.2, -0.15) is 0 Å². The third-order valence-electron chi connectivity index (χ3n) is 2.89. The highest BCUT2D eigenvalue weighted by molar-refractivity contribution is 7.17. The van der Waals surface area contributed by atoms with Gasteiger partial charge in [0.25, 0.3) is 0 Å². The summed E-state index contributed by atoms with van der Waals surface area (Å²) in [6.45, 7) is 2.19. The number of thiophene rings is 1. The minimum absolute atomic E-state index is 0.337. The Morgan fingerprint density at radius 3 is 2.88 bits per heavy atom. The molecular weight excluding hydrogens is 236 g/mol. The van der Waals surface area contributed by atoms with E-state index in [0.29, 0.717) is 5.38 Å². The number of rotatable bonds is 5. The molecule has 2 heteroatoms. The minimum Gasteiger partial charge on any atom is -0.144 e. The van der Waals surface area contributed by atoms with E-state index in [1.54, 1.807) is 0 Å². The number of aryl methyl sites for hydroxylation is 1. The third kappa shape index (κ3) is 2.78. The molecule has 86 valence electrons. The van der Waals surface area contributed by atoms with Crippen LogP contribution >= 0.6 is 22.9 Å². The minimum atomic E-state index is 0.337. The molecule has 2 aromatic rings. The standard InChI is InChI=1S/C14H17ClS/c1-2-5-12(15)9-8-11-10-16-14-7-4-3-6-13(11)14/h3-4,6-7,10,12H,2,5,8-9H2,1H3. The van der Waals surface area contributed by atoms with Crippen molar-refractivity contribution < 1.29 is 0 Å². The Labute approximate surface area is 106 Å². The Hall–Kier alpha value is -0.530. The fraction of sp³-hybridized carbons (Fsp3) is 0.429. The van der Waals surface area contributed by atoms with Crippen molar-refractivity contribution in [2.24, 2.45) is 0 Å². The van der Waals surface area contributed by atoms with Crippen molar-refractivity contribution in [1.29, 1.82) is 0 Å². The summed E-state index contributed by atoms with van der Waals surface area (Å²) in [4.78, 5) is 0. The molecule has 0 saturated carbocycles. The van der Waals surface area contributed by atoms with Gasteiger partial charge in [0.1, 0.15) is 0 Å². The molecule has 1 aromatic carbocycles. The molecular formula is C14H17ClS. The number of hydrogen-bond donors (Lipinski definition) is 0. The van der Waals surface area contributed by atoms with Gasteiger partial charge in [0.15, 0.2) is 0 Å². The fourth-order valence-electron chi connectivity index (χ4n) is 2.00. The van der Waals surface area contributed by atoms with Gasteiger partial charge in [-0.25, -0.2) is 0 Å². The fourth-order valence-corrected chi connectivity index (χ4v) is 3.32. The molecule has 0 saturated heterocycles. The SMILES string of the molecule is CCCC(Cl)CCc1csc2ccccc12. The van der Waals surface area contributed by atoms with Gasteiger partial charge < -0.3 is 0 Å². The molecule has 1 heterocycles. The average Bonchev–Trinajstić information content (AvgIpc) is 2.70. The zero-order valence-corrected chi connectivity index (χ0v) is 11.2. The first kappa shape index (κ1) is 11.9. The summed E-state index contributed by atoms with van der Waals surface area (Å²) in [5.74, 6) is 0. The molecule has 0 aliphatic rings. The van der Waals surface area contributed by atoms with Gasteiger partial charge in [-0.05, 0) is 41.7 Å². The van der Waals surface area contributed by atoms with Gasteiger partial charge in [0.2, 0.25) is 0 Å². The lowest BCUT2D eigenvalue weighted by Gasteiger charge is -2.06. The number of hydrogen-bond acceptors (Lipinski definition) is 1. The van der Waals surface area contributed by atoms with Crippen molar-refractivity contribution in [3.05, 3.63) is 35.2 Å². The van der Waals surface area contributed by atoms with E-state index < -0.39 is 0 Å². The summed E-state index contributed by atoms with van der Waals surface area (Å²) in [7, 11) is 0. The van der Waals surface area contributed by atoms with E-state index in [4.69, 9.17) is 11.6 Å². The van der Waals surface area contributed by atoms with Crippen molar-refractivity contribution in [3.63, 3.8) is 0 Å². The second-order valence-electron chi connectivity index (χ2n) is 4.18. The summed E-state index contributed by atoms with van der Waals surface area (Å²) in [6.07, 6.45) is 4.51. The van der Waals surface area contributed by atoms with Gasteiger partial charge in [0.05, 0.1) is 0 Å². The summed E-state index contributed by atoms with van der Waals surface area (Å²) >= 11 is 8.09. The highest BCUT2D eigenvalue weighted by Crippen LogP contribution is 2.27. The number of halogens is 1. The molecule has 1 atom stereocenters. The van der Waals surface area contributed by atoms with Crippen molar-refractivity contribution >= 4 is 33.0 Å². The van der Waals surface area contributed by atoms with E-state index in [2.05, 4.69) is 36.6 Å². The van der Waals surface area contributed by atoms with Crippen molar-refractivity contribution in [1.82, 2.24) is 0 Å². The lowest BCUT2D eigenvalue weighted by molar-refractivity contribution is 0.678. The second-order valence-corrected chi connectivity index (χ2v) is 5.71. The van der Waals surface area contributed by atoms with Crippen LogP contribution in [0.1, 0.15) is 31.7 Å². The lowest BCUT2D eigenvalue weighted by atomic mass is 10.1. The number of benzene rings is 1. The van der Waals surface area contributed by atoms with Crippen LogP contribution in [0.15, 0.2) is 29.6 Å². The lowest BCUT2D eigenvalue weighted by Crippen LogP contribution is -1.99. The molecule has 0 aliphatic carbocycles. The van der Waals surface area contributed by atoms with Crippen LogP contribution in [-0.2, 0) is 6.42 Å². The Bertz CT molecular complexity index is 447. The van der Waals surface area contributed by atoms with Crippen molar-refractivity contribution in [3.8, 4) is 0 Å². The molecule has 0 bridgehead atoms. The summed E-state index contributed by atoms with van der Waals surface area (Å²) in [5, 5.41) is 4.02. The first-order valence-corrected chi connectivity index (χ1v) is 7.22. The van der Waals surface area contributed by atoms with Gasteiger partial charge in [-0.1, -0.05) is 31.5 Å². The van der Waals surface area contributed by atoms with Crippen molar-refractivity contribution in [2.45, 2.75) is 38.0 Å². The monoisotopic (exact) mass is 252 g/mol. The summed E-state index contributed by atoms with van der Waals surface area (Å²) in [5.41, 5.74) is 1.46. The molecule has 0 aliphatic heterocycles. The molecule has 2 rings (SSSR count). The van der Waals surface area contributed by atoms with Crippen LogP contribution in [0.4, 0.5) is 0 Å². The van der Waals surface area contributed by atoms with Crippen LogP contribution in [0, 0.1) is 0 Å². The number of fused-ring (bicyclic) bond motifs is 1.